The second kappa shape index (κ2) is 8.32. The van der Waals surface area contributed by atoms with Gasteiger partial charge in [0.15, 0.2) is 0 Å². The van der Waals surface area contributed by atoms with Crippen molar-refractivity contribution >= 4 is 17.4 Å². The van der Waals surface area contributed by atoms with E-state index in [0.717, 1.165) is 35.5 Å². The average Bonchev–Trinajstić information content (AvgIpc) is 3.14. The standard InChI is InChI=1S/C21H31N5O2/c1-14(27)26-9-7-19(24-17-8-10-28-13-17)18(12-26)20(22)25-16-6-4-5-15(11-16)21(2,3)23/h4-6,11,17,24H,7-10,12-13,23H2,1-3H3,(H2,22,25). The van der Waals surface area contributed by atoms with Crippen LogP contribution in [0.15, 0.2) is 35.5 Å². The van der Waals surface area contributed by atoms with E-state index < -0.39 is 5.54 Å². The number of hydrogen-bond donors (Lipinski definition) is 4. The van der Waals surface area contributed by atoms with Gasteiger partial charge < -0.3 is 26.0 Å². The van der Waals surface area contributed by atoms with Crippen LogP contribution in [0.1, 0.15) is 39.2 Å². The van der Waals surface area contributed by atoms with Gasteiger partial charge in [-0.25, -0.2) is 0 Å². The fourth-order valence-corrected chi connectivity index (χ4v) is 3.53. The zero-order valence-electron chi connectivity index (χ0n) is 17.0. The van der Waals surface area contributed by atoms with Gasteiger partial charge in [-0.15, -0.1) is 0 Å². The summed E-state index contributed by atoms with van der Waals surface area (Å²) in [5, 5.41) is 15.4. The molecular formula is C21H31N5O2. The van der Waals surface area contributed by atoms with E-state index in [1.54, 1.807) is 11.8 Å². The molecule has 1 aromatic carbocycles. The number of nitrogens with zero attached hydrogens (tertiary/aromatic N) is 1. The molecule has 2 aliphatic heterocycles. The van der Waals surface area contributed by atoms with E-state index in [9.17, 15) is 4.79 Å². The number of benzene rings is 1. The first-order chi connectivity index (χ1) is 13.2. The molecule has 2 aliphatic rings. The van der Waals surface area contributed by atoms with Crippen molar-refractivity contribution in [3.8, 4) is 0 Å². The van der Waals surface area contributed by atoms with Crippen LogP contribution in [0.3, 0.4) is 0 Å². The van der Waals surface area contributed by atoms with E-state index >= 15 is 0 Å². The van der Waals surface area contributed by atoms with Crippen molar-refractivity contribution in [1.29, 1.82) is 5.41 Å². The highest BCUT2D eigenvalue weighted by Gasteiger charge is 2.26. The maximum atomic E-state index is 11.9. The van der Waals surface area contributed by atoms with E-state index in [1.165, 1.54) is 0 Å². The molecule has 1 fully saturated rings. The third-order valence-electron chi connectivity index (χ3n) is 5.28. The Morgan fingerprint density at radius 3 is 2.82 bits per heavy atom. The number of nitrogens with two attached hydrogens (primary N) is 1. The number of rotatable bonds is 5. The summed E-state index contributed by atoms with van der Waals surface area (Å²) in [6.07, 6.45) is 1.67. The molecule has 1 unspecified atom stereocenters. The highest BCUT2D eigenvalue weighted by atomic mass is 16.5. The Kier molecular flexibility index (Phi) is 6.05. The topological polar surface area (TPSA) is 103 Å². The molecule has 1 atom stereocenters. The molecule has 1 amide bonds. The minimum Gasteiger partial charge on any atom is -0.383 e. The van der Waals surface area contributed by atoms with E-state index in [-0.39, 0.29) is 11.9 Å². The van der Waals surface area contributed by atoms with Gasteiger partial charge in [0.2, 0.25) is 5.91 Å². The Morgan fingerprint density at radius 1 is 1.39 bits per heavy atom. The third kappa shape index (κ3) is 4.91. The molecule has 152 valence electrons. The molecule has 3 rings (SSSR count). The van der Waals surface area contributed by atoms with E-state index in [1.807, 2.05) is 38.1 Å². The molecule has 7 nitrogen and oxygen atoms in total. The third-order valence-corrected chi connectivity index (χ3v) is 5.28. The number of amidine groups is 1. The summed E-state index contributed by atoms with van der Waals surface area (Å²) in [5.41, 5.74) is 9.42. The van der Waals surface area contributed by atoms with Crippen LogP contribution in [0.25, 0.3) is 0 Å². The Hall–Kier alpha value is -2.38. The minimum atomic E-state index is -0.454. The molecule has 0 bridgehead atoms. The summed E-state index contributed by atoms with van der Waals surface area (Å²) in [6.45, 7) is 8.02. The number of anilines is 1. The van der Waals surface area contributed by atoms with Crippen LogP contribution in [0.2, 0.25) is 0 Å². The van der Waals surface area contributed by atoms with Gasteiger partial charge in [-0.3, -0.25) is 10.2 Å². The first-order valence-corrected chi connectivity index (χ1v) is 9.81. The molecule has 5 N–H and O–H groups in total. The van der Waals surface area contributed by atoms with Crippen molar-refractivity contribution in [2.24, 2.45) is 5.73 Å². The summed E-state index contributed by atoms with van der Waals surface area (Å²) in [5.74, 6) is 0.333. The number of hydrogen-bond acceptors (Lipinski definition) is 5. The summed E-state index contributed by atoms with van der Waals surface area (Å²) < 4.78 is 5.46. The van der Waals surface area contributed by atoms with E-state index in [2.05, 4.69) is 10.6 Å². The maximum Gasteiger partial charge on any atom is 0.219 e. The van der Waals surface area contributed by atoms with Crippen LogP contribution >= 0.6 is 0 Å². The van der Waals surface area contributed by atoms with E-state index in [4.69, 9.17) is 15.9 Å². The van der Waals surface area contributed by atoms with Crippen LogP contribution in [0, 0.1) is 5.41 Å². The van der Waals surface area contributed by atoms with Gasteiger partial charge in [0.25, 0.3) is 0 Å². The Labute approximate surface area is 166 Å². The Bertz CT molecular complexity index is 775. The van der Waals surface area contributed by atoms with Crippen molar-refractivity contribution in [1.82, 2.24) is 10.2 Å². The molecule has 0 saturated carbocycles. The van der Waals surface area contributed by atoms with Gasteiger partial charge in [0, 0.05) is 49.0 Å². The minimum absolute atomic E-state index is 0.0282. The smallest absolute Gasteiger partial charge is 0.219 e. The molecular weight excluding hydrogens is 354 g/mol. The lowest BCUT2D eigenvalue weighted by atomic mass is 9.95. The predicted octanol–water partition coefficient (Wildman–Crippen LogP) is 2.15. The molecule has 2 heterocycles. The lowest BCUT2D eigenvalue weighted by Crippen LogP contribution is -2.42. The predicted molar refractivity (Wildman–Crippen MR) is 111 cm³/mol. The van der Waals surface area contributed by atoms with Crippen LogP contribution in [0.5, 0.6) is 0 Å². The van der Waals surface area contributed by atoms with Crippen molar-refractivity contribution in [2.45, 2.75) is 45.2 Å². The number of nitrogens with one attached hydrogen (secondary N) is 3. The summed E-state index contributed by atoms with van der Waals surface area (Å²) in [4.78, 5) is 13.7. The average molecular weight is 386 g/mol. The first kappa shape index (κ1) is 20.4. The largest absolute Gasteiger partial charge is 0.383 e. The molecule has 0 spiro atoms. The van der Waals surface area contributed by atoms with Gasteiger partial charge in [-0.1, -0.05) is 12.1 Å². The SMILES string of the molecule is CC(=O)N1CCC(NC2CCOC2)=C(C(=N)Nc2cccc(C(C)(C)N)c2)C1. The molecule has 28 heavy (non-hydrogen) atoms. The number of carbonyl (C=O) groups is 1. The van der Waals surface area contributed by atoms with Crippen LogP contribution in [-0.2, 0) is 15.1 Å². The molecule has 0 aromatic heterocycles. The van der Waals surface area contributed by atoms with Gasteiger partial charge in [0.1, 0.15) is 5.84 Å². The van der Waals surface area contributed by atoms with Crippen LogP contribution in [0.4, 0.5) is 5.69 Å². The van der Waals surface area contributed by atoms with E-state index in [0.29, 0.717) is 32.0 Å². The maximum absolute atomic E-state index is 11.9. The normalized spacial score (nSPS) is 20.3. The molecule has 7 heteroatoms. The van der Waals surface area contributed by atoms with Crippen LogP contribution < -0.4 is 16.4 Å². The highest BCUT2D eigenvalue weighted by Crippen LogP contribution is 2.23. The van der Waals surface area contributed by atoms with Crippen molar-refractivity contribution in [3.05, 3.63) is 41.1 Å². The number of ether oxygens (including phenoxy) is 1. The fourth-order valence-electron chi connectivity index (χ4n) is 3.53. The first-order valence-electron chi connectivity index (χ1n) is 9.81. The monoisotopic (exact) mass is 385 g/mol. The molecule has 1 aromatic rings. The Balaban J connectivity index is 1.81. The zero-order valence-corrected chi connectivity index (χ0v) is 17.0. The quantitative estimate of drug-likeness (QED) is 0.459. The fraction of sp³-hybridized carbons (Fsp3) is 0.524. The summed E-state index contributed by atoms with van der Waals surface area (Å²) >= 11 is 0. The second-order valence-corrected chi connectivity index (χ2v) is 8.16. The number of carbonyl (C=O) groups excluding carboxylic acids is 1. The zero-order chi connectivity index (χ0) is 20.3. The van der Waals surface area contributed by atoms with Crippen molar-refractivity contribution < 1.29 is 9.53 Å². The lowest BCUT2D eigenvalue weighted by molar-refractivity contribution is -0.128. The summed E-state index contributed by atoms with van der Waals surface area (Å²) in [7, 11) is 0. The van der Waals surface area contributed by atoms with Gasteiger partial charge in [-0.05, 0) is 38.0 Å². The molecule has 0 radical (unpaired) electrons. The van der Waals surface area contributed by atoms with Gasteiger partial charge in [-0.2, -0.15) is 0 Å². The Morgan fingerprint density at radius 2 is 2.18 bits per heavy atom. The molecule has 1 saturated heterocycles. The highest BCUT2D eigenvalue weighted by molar-refractivity contribution is 6.07. The van der Waals surface area contributed by atoms with Crippen LogP contribution in [-0.4, -0.2) is 49.0 Å². The molecule has 0 aliphatic carbocycles. The van der Waals surface area contributed by atoms with Crippen molar-refractivity contribution in [3.63, 3.8) is 0 Å². The second-order valence-electron chi connectivity index (χ2n) is 8.16. The van der Waals surface area contributed by atoms with Crippen molar-refractivity contribution in [2.75, 3.05) is 31.6 Å². The lowest BCUT2D eigenvalue weighted by Gasteiger charge is -2.32. The number of amides is 1. The van der Waals surface area contributed by atoms with Gasteiger partial charge in [0.05, 0.1) is 19.2 Å². The summed E-state index contributed by atoms with van der Waals surface area (Å²) in [6, 6.07) is 8.08. The van der Waals surface area contributed by atoms with Gasteiger partial charge >= 0.3 is 0 Å².